The molecule has 0 aromatic heterocycles. The minimum absolute atomic E-state index is 0.0900. The molecular weight excluding hydrogens is 350 g/mol. The van der Waals surface area contributed by atoms with Crippen molar-refractivity contribution >= 4 is 21.8 Å². The highest BCUT2D eigenvalue weighted by molar-refractivity contribution is 9.10. The monoisotopic (exact) mass is 369 g/mol. The molecule has 1 amide bonds. The molecule has 0 atom stereocenters. The van der Waals surface area contributed by atoms with Crippen molar-refractivity contribution in [3.8, 4) is 11.5 Å². The quantitative estimate of drug-likeness (QED) is 0.823. The summed E-state index contributed by atoms with van der Waals surface area (Å²) in [6.45, 7) is 6.66. The van der Waals surface area contributed by atoms with Crippen LogP contribution in [0.2, 0.25) is 0 Å². The van der Waals surface area contributed by atoms with E-state index in [0.717, 1.165) is 37.2 Å². The Morgan fingerprint density at radius 3 is 2.86 bits per heavy atom. The number of piperazine rings is 1. The summed E-state index contributed by atoms with van der Waals surface area (Å²) < 4.78 is 11.8. The maximum Gasteiger partial charge on any atom is 0.251 e. The van der Waals surface area contributed by atoms with Crippen LogP contribution in [0.15, 0.2) is 16.6 Å². The van der Waals surface area contributed by atoms with E-state index in [9.17, 15) is 4.79 Å². The molecule has 3 rings (SSSR count). The van der Waals surface area contributed by atoms with Gasteiger partial charge in [-0.3, -0.25) is 9.69 Å². The zero-order valence-corrected chi connectivity index (χ0v) is 13.9. The fourth-order valence-electron chi connectivity index (χ4n) is 2.61. The van der Waals surface area contributed by atoms with E-state index < -0.39 is 0 Å². The predicted molar refractivity (Wildman–Crippen MR) is 86.8 cm³/mol. The van der Waals surface area contributed by atoms with Gasteiger partial charge >= 0.3 is 0 Å². The largest absolute Gasteiger partial charge is 0.486 e. The molecule has 2 aliphatic rings. The average molecular weight is 370 g/mol. The predicted octanol–water partition coefficient (Wildman–Crippen LogP) is 0.855. The molecule has 6 nitrogen and oxygen atoms in total. The summed E-state index contributed by atoms with van der Waals surface area (Å²) in [6.07, 6.45) is 0. The summed E-state index contributed by atoms with van der Waals surface area (Å²) in [6, 6.07) is 3.51. The first-order valence-electron chi connectivity index (χ1n) is 7.54. The van der Waals surface area contributed by atoms with Crippen LogP contribution in [0.3, 0.4) is 0 Å². The molecule has 2 N–H and O–H groups in total. The van der Waals surface area contributed by atoms with Gasteiger partial charge in [0, 0.05) is 44.8 Å². The molecule has 0 unspecified atom stereocenters. The Morgan fingerprint density at radius 2 is 2.05 bits per heavy atom. The van der Waals surface area contributed by atoms with Crippen molar-refractivity contribution in [2.75, 3.05) is 52.5 Å². The van der Waals surface area contributed by atoms with Gasteiger partial charge in [0.05, 0.1) is 4.47 Å². The minimum atomic E-state index is -0.0900. The van der Waals surface area contributed by atoms with E-state index in [4.69, 9.17) is 9.47 Å². The number of fused-ring (bicyclic) bond motifs is 1. The van der Waals surface area contributed by atoms with E-state index in [2.05, 4.69) is 31.5 Å². The minimum Gasteiger partial charge on any atom is -0.486 e. The van der Waals surface area contributed by atoms with Gasteiger partial charge in [-0.05, 0) is 28.1 Å². The first-order valence-corrected chi connectivity index (χ1v) is 8.34. The molecular formula is C15H20BrN3O3. The van der Waals surface area contributed by atoms with Gasteiger partial charge in [-0.1, -0.05) is 0 Å². The number of hydrogen-bond acceptors (Lipinski definition) is 5. The van der Waals surface area contributed by atoms with Crippen LogP contribution in [0.1, 0.15) is 10.4 Å². The number of nitrogens with one attached hydrogen (secondary N) is 2. The van der Waals surface area contributed by atoms with Gasteiger partial charge in [-0.25, -0.2) is 0 Å². The van der Waals surface area contributed by atoms with Crippen molar-refractivity contribution in [1.82, 2.24) is 15.5 Å². The van der Waals surface area contributed by atoms with Gasteiger partial charge in [0.15, 0.2) is 11.5 Å². The lowest BCUT2D eigenvalue weighted by Crippen LogP contribution is -2.46. The molecule has 0 aliphatic carbocycles. The van der Waals surface area contributed by atoms with Gasteiger partial charge in [0.1, 0.15) is 13.2 Å². The van der Waals surface area contributed by atoms with E-state index >= 15 is 0 Å². The highest BCUT2D eigenvalue weighted by Gasteiger charge is 2.19. The van der Waals surface area contributed by atoms with Gasteiger partial charge < -0.3 is 20.1 Å². The number of carbonyl (C=O) groups is 1. The molecule has 7 heteroatoms. The first kappa shape index (κ1) is 15.6. The number of amides is 1. The maximum absolute atomic E-state index is 12.3. The van der Waals surface area contributed by atoms with E-state index in [1.54, 1.807) is 12.1 Å². The van der Waals surface area contributed by atoms with Gasteiger partial charge in [-0.15, -0.1) is 0 Å². The smallest absolute Gasteiger partial charge is 0.251 e. The van der Waals surface area contributed by atoms with E-state index in [1.165, 1.54) is 0 Å². The van der Waals surface area contributed by atoms with Crippen molar-refractivity contribution in [1.29, 1.82) is 0 Å². The fourth-order valence-corrected chi connectivity index (χ4v) is 3.16. The van der Waals surface area contributed by atoms with Crippen molar-refractivity contribution in [3.05, 3.63) is 22.2 Å². The lowest BCUT2D eigenvalue weighted by atomic mass is 10.2. The van der Waals surface area contributed by atoms with E-state index in [-0.39, 0.29) is 5.91 Å². The molecule has 2 aliphatic heterocycles. The summed E-state index contributed by atoms with van der Waals surface area (Å²) in [5, 5.41) is 6.28. The molecule has 0 saturated carbocycles. The van der Waals surface area contributed by atoms with Crippen molar-refractivity contribution < 1.29 is 14.3 Å². The molecule has 0 spiro atoms. The zero-order valence-electron chi connectivity index (χ0n) is 12.4. The normalized spacial score (nSPS) is 18.0. The molecule has 0 radical (unpaired) electrons. The summed E-state index contributed by atoms with van der Waals surface area (Å²) in [4.78, 5) is 14.6. The number of halogens is 1. The molecule has 2 heterocycles. The molecule has 1 fully saturated rings. The second-order valence-electron chi connectivity index (χ2n) is 5.33. The van der Waals surface area contributed by atoms with Crippen LogP contribution < -0.4 is 20.1 Å². The second kappa shape index (κ2) is 7.30. The number of ether oxygens (including phenoxy) is 2. The number of rotatable bonds is 4. The average Bonchev–Trinajstić information content (AvgIpc) is 2.56. The van der Waals surface area contributed by atoms with Crippen molar-refractivity contribution in [3.63, 3.8) is 0 Å². The molecule has 1 aromatic rings. The SMILES string of the molecule is O=C(NCCN1CCNCC1)c1cc(Br)c2c(c1)OCCO2. The zero-order chi connectivity index (χ0) is 15.4. The Hall–Kier alpha value is -1.31. The second-order valence-corrected chi connectivity index (χ2v) is 6.18. The molecule has 120 valence electrons. The Balaban J connectivity index is 1.56. The number of carbonyl (C=O) groups excluding carboxylic acids is 1. The third-order valence-electron chi connectivity index (χ3n) is 3.78. The number of hydrogen-bond donors (Lipinski definition) is 2. The van der Waals surface area contributed by atoms with Gasteiger partial charge in [0.25, 0.3) is 5.91 Å². The van der Waals surface area contributed by atoms with Crippen LogP contribution >= 0.6 is 15.9 Å². The van der Waals surface area contributed by atoms with Gasteiger partial charge in [0.2, 0.25) is 0 Å². The molecule has 1 aromatic carbocycles. The van der Waals surface area contributed by atoms with Crippen LogP contribution in [-0.4, -0.2) is 63.3 Å². The maximum atomic E-state index is 12.3. The van der Waals surface area contributed by atoms with Crippen molar-refractivity contribution in [2.45, 2.75) is 0 Å². The Morgan fingerprint density at radius 1 is 1.27 bits per heavy atom. The fraction of sp³-hybridized carbons (Fsp3) is 0.533. The van der Waals surface area contributed by atoms with E-state index in [1.807, 2.05) is 0 Å². The summed E-state index contributed by atoms with van der Waals surface area (Å²) in [5.74, 6) is 1.20. The third kappa shape index (κ3) is 3.71. The van der Waals surface area contributed by atoms with Crippen LogP contribution in [0.25, 0.3) is 0 Å². The molecule has 22 heavy (non-hydrogen) atoms. The van der Waals surface area contributed by atoms with Crippen molar-refractivity contribution in [2.24, 2.45) is 0 Å². The van der Waals surface area contributed by atoms with Crippen LogP contribution in [-0.2, 0) is 0 Å². The summed E-state index contributed by atoms with van der Waals surface area (Å²) in [7, 11) is 0. The van der Waals surface area contributed by atoms with E-state index in [0.29, 0.717) is 36.8 Å². The van der Waals surface area contributed by atoms with Crippen LogP contribution in [0.4, 0.5) is 0 Å². The topological polar surface area (TPSA) is 62.8 Å². The Labute approximate surface area is 138 Å². The number of nitrogens with zero attached hydrogens (tertiary/aromatic N) is 1. The van der Waals surface area contributed by atoms with Gasteiger partial charge in [-0.2, -0.15) is 0 Å². The lowest BCUT2D eigenvalue weighted by molar-refractivity contribution is 0.0946. The Bertz CT molecular complexity index is 547. The highest BCUT2D eigenvalue weighted by Crippen LogP contribution is 2.38. The highest BCUT2D eigenvalue weighted by atomic mass is 79.9. The number of benzene rings is 1. The van der Waals surface area contributed by atoms with Crippen LogP contribution in [0.5, 0.6) is 11.5 Å². The molecule has 0 bridgehead atoms. The first-order chi connectivity index (χ1) is 10.7. The summed E-state index contributed by atoms with van der Waals surface area (Å²) in [5.41, 5.74) is 0.580. The van der Waals surface area contributed by atoms with Crippen LogP contribution in [0, 0.1) is 0 Å². The Kier molecular flexibility index (Phi) is 5.17. The standard InChI is InChI=1S/C15H20BrN3O3/c16-12-9-11(10-13-14(12)22-8-7-21-13)15(20)18-3-6-19-4-1-17-2-5-19/h9-10,17H,1-8H2,(H,18,20). The summed E-state index contributed by atoms with van der Waals surface area (Å²) >= 11 is 3.43. The third-order valence-corrected chi connectivity index (χ3v) is 4.37. The lowest BCUT2D eigenvalue weighted by Gasteiger charge is -2.27. The molecule has 1 saturated heterocycles.